The average molecular weight is 226 g/mol. The summed E-state index contributed by atoms with van der Waals surface area (Å²) in [6.07, 6.45) is 5.38. The van der Waals surface area contributed by atoms with E-state index in [0.29, 0.717) is 11.6 Å². The lowest BCUT2D eigenvalue weighted by Crippen LogP contribution is -1.88. The maximum Gasteiger partial charge on any atom is 0.169 e. The van der Waals surface area contributed by atoms with E-state index in [4.69, 9.17) is 10.3 Å². The van der Waals surface area contributed by atoms with Gasteiger partial charge in [-0.05, 0) is 24.3 Å². The first-order valence-electron chi connectivity index (χ1n) is 5.14. The Labute approximate surface area is 97.5 Å². The second-order valence-corrected chi connectivity index (χ2v) is 3.63. The van der Waals surface area contributed by atoms with E-state index in [2.05, 4.69) is 10.1 Å². The second-order valence-electron chi connectivity index (χ2n) is 3.63. The van der Waals surface area contributed by atoms with Crippen LogP contribution in [-0.4, -0.2) is 14.7 Å². The van der Waals surface area contributed by atoms with Crippen molar-refractivity contribution in [3.05, 3.63) is 49.1 Å². The molecule has 5 heteroatoms. The van der Waals surface area contributed by atoms with Crippen LogP contribution in [0.2, 0.25) is 0 Å². The van der Waals surface area contributed by atoms with Gasteiger partial charge in [0.15, 0.2) is 11.6 Å². The van der Waals surface area contributed by atoms with Crippen LogP contribution in [-0.2, 0) is 0 Å². The molecule has 0 saturated heterocycles. The zero-order chi connectivity index (χ0) is 11.7. The highest BCUT2D eigenvalue weighted by molar-refractivity contribution is 5.61. The van der Waals surface area contributed by atoms with Crippen molar-refractivity contribution in [2.75, 3.05) is 5.73 Å². The van der Waals surface area contributed by atoms with Gasteiger partial charge >= 0.3 is 0 Å². The smallest absolute Gasteiger partial charge is 0.169 e. The molecule has 84 valence electrons. The molecule has 0 aliphatic rings. The fourth-order valence-electron chi connectivity index (χ4n) is 1.63. The van der Waals surface area contributed by atoms with Crippen molar-refractivity contribution in [3.8, 4) is 17.0 Å². The molecule has 2 N–H and O–H groups in total. The number of nitrogens with zero attached hydrogens (tertiary/aromatic N) is 3. The number of rotatable bonds is 2. The molecule has 0 fully saturated rings. The lowest BCUT2D eigenvalue weighted by Gasteiger charge is -2.02. The van der Waals surface area contributed by atoms with Gasteiger partial charge in [0, 0.05) is 29.7 Å². The quantitative estimate of drug-likeness (QED) is 0.726. The van der Waals surface area contributed by atoms with Crippen LogP contribution in [0.3, 0.4) is 0 Å². The largest absolute Gasteiger partial charge is 0.381 e. The summed E-state index contributed by atoms with van der Waals surface area (Å²) >= 11 is 0. The van der Waals surface area contributed by atoms with Gasteiger partial charge in [-0.25, -0.2) is 4.98 Å². The number of benzene rings is 1. The van der Waals surface area contributed by atoms with Crippen molar-refractivity contribution in [1.29, 1.82) is 0 Å². The second kappa shape index (κ2) is 3.79. The molecule has 0 amide bonds. The standard InChI is InChI=1S/C12H10N4O/c13-12-7-11(17-15-12)9-1-3-10(4-2-9)16-6-5-14-8-16/h1-8H,(H2,13,15). The summed E-state index contributed by atoms with van der Waals surface area (Å²) in [5.41, 5.74) is 7.49. The van der Waals surface area contributed by atoms with Crippen LogP contribution in [0.4, 0.5) is 5.82 Å². The minimum atomic E-state index is 0.388. The molecule has 0 saturated carbocycles. The lowest BCUT2D eigenvalue weighted by atomic mass is 10.1. The number of anilines is 1. The Morgan fingerprint density at radius 2 is 2.00 bits per heavy atom. The molecule has 0 aliphatic heterocycles. The molecule has 0 aliphatic carbocycles. The summed E-state index contributed by atoms with van der Waals surface area (Å²) in [4.78, 5) is 4.00. The minimum Gasteiger partial charge on any atom is -0.381 e. The van der Waals surface area contributed by atoms with Crippen LogP contribution in [0.1, 0.15) is 0 Å². The van der Waals surface area contributed by atoms with Crippen molar-refractivity contribution >= 4 is 5.82 Å². The van der Waals surface area contributed by atoms with E-state index >= 15 is 0 Å². The van der Waals surface area contributed by atoms with E-state index in [1.165, 1.54) is 0 Å². The van der Waals surface area contributed by atoms with Crippen molar-refractivity contribution in [2.45, 2.75) is 0 Å². The Kier molecular flexibility index (Phi) is 2.15. The fraction of sp³-hybridized carbons (Fsp3) is 0. The van der Waals surface area contributed by atoms with Crippen LogP contribution in [0.15, 0.2) is 53.6 Å². The minimum absolute atomic E-state index is 0.388. The van der Waals surface area contributed by atoms with Gasteiger partial charge < -0.3 is 14.8 Å². The SMILES string of the molecule is Nc1cc(-c2ccc(-n3ccnc3)cc2)on1. The zero-order valence-electron chi connectivity index (χ0n) is 8.95. The third-order valence-corrected chi connectivity index (χ3v) is 2.48. The molecule has 0 unspecified atom stereocenters. The first-order valence-corrected chi connectivity index (χ1v) is 5.14. The molecule has 0 atom stereocenters. The predicted octanol–water partition coefficient (Wildman–Crippen LogP) is 2.11. The summed E-state index contributed by atoms with van der Waals surface area (Å²) in [5, 5.41) is 3.65. The molecule has 1 aromatic carbocycles. The van der Waals surface area contributed by atoms with Gasteiger partial charge in [-0.2, -0.15) is 0 Å². The highest BCUT2D eigenvalue weighted by Crippen LogP contribution is 2.22. The van der Waals surface area contributed by atoms with E-state index in [1.54, 1.807) is 18.6 Å². The van der Waals surface area contributed by atoms with E-state index in [0.717, 1.165) is 11.3 Å². The summed E-state index contributed by atoms with van der Waals surface area (Å²) < 4.78 is 7.02. The highest BCUT2D eigenvalue weighted by atomic mass is 16.5. The topological polar surface area (TPSA) is 69.9 Å². The molecular weight excluding hydrogens is 216 g/mol. The van der Waals surface area contributed by atoms with Gasteiger partial charge in [-0.15, -0.1) is 0 Å². The van der Waals surface area contributed by atoms with Crippen LogP contribution >= 0.6 is 0 Å². The number of hydrogen-bond acceptors (Lipinski definition) is 4. The first-order chi connectivity index (χ1) is 8.33. The molecule has 17 heavy (non-hydrogen) atoms. The van der Waals surface area contributed by atoms with Crippen molar-refractivity contribution in [2.24, 2.45) is 0 Å². The molecule has 0 radical (unpaired) electrons. The third-order valence-electron chi connectivity index (χ3n) is 2.48. The molecule has 0 bridgehead atoms. The summed E-state index contributed by atoms with van der Waals surface area (Å²) in [7, 11) is 0. The number of nitrogens with two attached hydrogens (primary N) is 1. The van der Waals surface area contributed by atoms with Gasteiger partial charge in [0.2, 0.25) is 0 Å². The van der Waals surface area contributed by atoms with Gasteiger partial charge in [0.25, 0.3) is 0 Å². The summed E-state index contributed by atoms with van der Waals surface area (Å²) in [6, 6.07) is 9.57. The van der Waals surface area contributed by atoms with Crippen molar-refractivity contribution in [1.82, 2.24) is 14.7 Å². The third kappa shape index (κ3) is 1.78. The van der Waals surface area contributed by atoms with Crippen LogP contribution < -0.4 is 5.73 Å². The average Bonchev–Trinajstić information content (AvgIpc) is 3.00. The monoisotopic (exact) mass is 226 g/mol. The van der Waals surface area contributed by atoms with Crippen molar-refractivity contribution in [3.63, 3.8) is 0 Å². The van der Waals surface area contributed by atoms with Gasteiger partial charge in [0.05, 0.1) is 6.33 Å². The highest BCUT2D eigenvalue weighted by Gasteiger charge is 2.04. The van der Waals surface area contributed by atoms with E-state index < -0.39 is 0 Å². The molecule has 0 spiro atoms. The maximum atomic E-state index is 5.51. The van der Waals surface area contributed by atoms with E-state index in [-0.39, 0.29) is 0 Å². The molecule has 2 aromatic heterocycles. The lowest BCUT2D eigenvalue weighted by molar-refractivity contribution is 0.436. The molecule has 2 heterocycles. The number of hydrogen-bond donors (Lipinski definition) is 1. The van der Waals surface area contributed by atoms with Gasteiger partial charge in [-0.3, -0.25) is 0 Å². The Hall–Kier alpha value is -2.56. The molecular formula is C12H10N4O. The van der Waals surface area contributed by atoms with Crippen molar-refractivity contribution < 1.29 is 4.52 Å². The Bertz CT molecular complexity index is 610. The van der Waals surface area contributed by atoms with E-state index in [1.807, 2.05) is 35.0 Å². The summed E-state index contributed by atoms with van der Waals surface area (Å²) in [6.45, 7) is 0. The summed E-state index contributed by atoms with van der Waals surface area (Å²) in [5.74, 6) is 1.05. The fourth-order valence-corrected chi connectivity index (χ4v) is 1.63. The van der Waals surface area contributed by atoms with Gasteiger partial charge in [0.1, 0.15) is 0 Å². The molecule has 5 nitrogen and oxygen atoms in total. The number of aromatic nitrogens is 3. The zero-order valence-corrected chi connectivity index (χ0v) is 8.95. The first kappa shape index (κ1) is 9.65. The normalized spacial score (nSPS) is 10.6. The maximum absolute atomic E-state index is 5.51. The van der Waals surface area contributed by atoms with Crippen LogP contribution in [0.25, 0.3) is 17.0 Å². The molecule has 3 aromatic rings. The number of imidazole rings is 1. The Morgan fingerprint density at radius 1 is 1.18 bits per heavy atom. The number of nitrogen functional groups attached to an aromatic ring is 1. The molecule has 3 rings (SSSR count). The van der Waals surface area contributed by atoms with Crippen LogP contribution in [0, 0.1) is 0 Å². The Morgan fingerprint density at radius 3 is 2.59 bits per heavy atom. The van der Waals surface area contributed by atoms with Gasteiger partial charge in [-0.1, -0.05) is 5.16 Å². The predicted molar refractivity (Wildman–Crippen MR) is 63.5 cm³/mol. The Balaban J connectivity index is 1.95. The van der Waals surface area contributed by atoms with E-state index in [9.17, 15) is 0 Å². The van der Waals surface area contributed by atoms with Crippen LogP contribution in [0.5, 0.6) is 0 Å².